The molecule has 1 rings (SSSR count). The van der Waals surface area contributed by atoms with Crippen molar-refractivity contribution in [1.82, 2.24) is 15.0 Å². The zero-order valence-corrected chi connectivity index (χ0v) is 8.74. The summed E-state index contributed by atoms with van der Waals surface area (Å²) in [6.45, 7) is 8.32. The van der Waals surface area contributed by atoms with Crippen LogP contribution in [0.15, 0.2) is 6.20 Å². The maximum atomic E-state index is 10.6. The van der Waals surface area contributed by atoms with Gasteiger partial charge in [0.25, 0.3) is 0 Å². The number of nitrogens with zero attached hydrogens (tertiary/aromatic N) is 3. The molecule has 0 aliphatic rings. The highest BCUT2D eigenvalue weighted by Crippen LogP contribution is 1.94. The van der Waals surface area contributed by atoms with E-state index in [0.717, 1.165) is 12.2 Å². The lowest BCUT2D eigenvalue weighted by atomic mass is 10.2. The Bertz CT molecular complexity index is 255. The Morgan fingerprint density at radius 3 is 2.54 bits per heavy atom. The van der Waals surface area contributed by atoms with E-state index in [0.29, 0.717) is 6.42 Å². The van der Waals surface area contributed by atoms with Gasteiger partial charge in [0.05, 0.1) is 12.1 Å². The van der Waals surface area contributed by atoms with E-state index in [1.807, 2.05) is 20.8 Å². The number of hydrogen-bond donors (Lipinski definition) is 0. The van der Waals surface area contributed by atoms with E-state index in [1.165, 1.54) is 0 Å². The molecule has 0 aromatic carbocycles. The largest absolute Gasteiger partial charge is 0.300 e. The Kier molecular flexibility index (Phi) is 5.76. The zero-order valence-electron chi connectivity index (χ0n) is 8.74. The maximum absolute atomic E-state index is 10.6. The summed E-state index contributed by atoms with van der Waals surface area (Å²) >= 11 is 0. The first-order chi connectivity index (χ1) is 6.22. The zero-order chi connectivity index (χ0) is 10.3. The van der Waals surface area contributed by atoms with E-state index in [9.17, 15) is 4.79 Å². The summed E-state index contributed by atoms with van der Waals surface area (Å²) in [5.74, 6) is 0.119. The molecule has 0 aliphatic heterocycles. The lowest BCUT2D eigenvalue weighted by Gasteiger charge is -1.88. The van der Waals surface area contributed by atoms with Gasteiger partial charge in [0.15, 0.2) is 0 Å². The summed E-state index contributed by atoms with van der Waals surface area (Å²) in [5.41, 5.74) is 0.749. The molecule has 4 nitrogen and oxygen atoms in total. The van der Waals surface area contributed by atoms with E-state index in [1.54, 1.807) is 17.8 Å². The van der Waals surface area contributed by atoms with Crippen molar-refractivity contribution in [2.24, 2.45) is 0 Å². The number of hydrogen-bond acceptors (Lipinski definition) is 3. The highest BCUT2D eigenvalue weighted by molar-refractivity contribution is 5.77. The lowest BCUT2D eigenvalue weighted by Crippen LogP contribution is -1.96. The number of aromatic nitrogens is 3. The molecule has 0 saturated heterocycles. The summed E-state index contributed by atoms with van der Waals surface area (Å²) in [6, 6.07) is 0. The van der Waals surface area contributed by atoms with Crippen LogP contribution < -0.4 is 0 Å². The Morgan fingerprint density at radius 2 is 2.15 bits per heavy atom. The molecule has 74 valence electrons. The van der Waals surface area contributed by atoms with Gasteiger partial charge >= 0.3 is 0 Å². The van der Waals surface area contributed by atoms with Gasteiger partial charge in [-0.3, -0.25) is 9.48 Å². The van der Waals surface area contributed by atoms with Crippen LogP contribution in [0.3, 0.4) is 0 Å². The molecule has 1 aromatic rings. The molecule has 0 atom stereocenters. The maximum Gasteiger partial charge on any atom is 0.135 e. The number of aryl methyl sites for hydroxylation is 1. The topological polar surface area (TPSA) is 47.8 Å². The molecule has 0 unspecified atom stereocenters. The predicted octanol–water partition coefficient (Wildman–Crippen LogP) is 1.46. The van der Waals surface area contributed by atoms with Crippen LogP contribution in [0.25, 0.3) is 0 Å². The van der Waals surface area contributed by atoms with Crippen LogP contribution >= 0.6 is 0 Å². The molecule has 0 bridgehead atoms. The fourth-order valence-corrected chi connectivity index (χ4v) is 0.829. The number of carbonyl (C=O) groups is 1. The average Bonchev–Trinajstić information content (AvgIpc) is 2.55. The van der Waals surface area contributed by atoms with E-state index >= 15 is 0 Å². The Morgan fingerprint density at radius 1 is 1.54 bits per heavy atom. The van der Waals surface area contributed by atoms with Crippen LogP contribution in [0.2, 0.25) is 0 Å². The number of ketones is 1. The van der Waals surface area contributed by atoms with Crippen LogP contribution in [-0.4, -0.2) is 20.8 Å². The van der Waals surface area contributed by atoms with Crippen LogP contribution in [-0.2, 0) is 17.8 Å². The highest BCUT2D eigenvalue weighted by atomic mass is 16.1. The van der Waals surface area contributed by atoms with Crippen LogP contribution in [0.1, 0.15) is 33.4 Å². The van der Waals surface area contributed by atoms with Crippen LogP contribution in [0.5, 0.6) is 0 Å². The average molecular weight is 183 g/mol. The summed E-state index contributed by atoms with van der Waals surface area (Å²) in [6.07, 6.45) is 2.18. The Labute approximate surface area is 78.9 Å². The Hall–Kier alpha value is -1.19. The third-order valence-corrected chi connectivity index (χ3v) is 1.34. The SMILES string of the molecule is CC.CCn1cc(CC(C)=O)nn1. The van der Waals surface area contributed by atoms with Crippen molar-refractivity contribution >= 4 is 5.78 Å². The van der Waals surface area contributed by atoms with Crippen LogP contribution in [0.4, 0.5) is 0 Å². The minimum Gasteiger partial charge on any atom is -0.300 e. The second kappa shape index (κ2) is 6.34. The molecular formula is C9H17N3O. The first-order valence-corrected chi connectivity index (χ1v) is 4.61. The molecule has 4 heteroatoms. The summed E-state index contributed by atoms with van der Waals surface area (Å²) in [4.78, 5) is 10.6. The molecule has 13 heavy (non-hydrogen) atoms. The third kappa shape index (κ3) is 4.40. The quantitative estimate of drug-likeness (QED) is 0.712. The smallest absolute Gasteiger partial charge is 0.135 e. The molecule has 0 N–H and O–H groups in total. The highest BCUT2D eigenvalue weighted by Gasteiger charge is 2.01. The van der Waals surface area contributed by atoms with Gasteiger partial charge in [-0.2, -0.15) is 0 Å². The minimum atomic E-state index is 0.119. The van der Waals surface area contributed by atoms with Gasteiger partial charge in [-0.15, -0.1) is 5.10 Å². The van der Waals surface area contributed by atoms with Crippen LogP contribution in [0, 0.1) is 0 Å². The fraction of sp³-hybridized carbons (Fsp3) is 0.667. The van der Waals surface area contributed by atoms with Crippen molar-refractivity contribution in [1.29, 1.82) is 0 Å². The van der Waals surface area contributed by atoms with E-state index in [2.05, 4.69) is 10.3 Å². The number of carbonyl (C=O) groups excluding carboxylic acids is 1. The number of Topliss-reactive ketones (excluding diaryl/α,β-unsaturated/α-hetero) is 1. The van der Waals surface area contributed by atoms with Gasteiger partial charge < -0.3 is 0 Å². The second-order valence-corrected chi connectivity index (χ2v) is 2.44. The first kappa shape index (κ1) is 11.8. The van der Waals surface area contributed by atoms with Gasteiger partial charge in [-0.1, -0.05) is 19.1 Å². The minimum absolute atomic E-state index is 0.119. The van der Waals surface area contributed by atoms with Crippen molar-refractivity contribution in [3.05, 3.63) is 11.9 Å². The molecule has 1 aromatic heterocycles. The van der Waals surface area contributed by atoms with Crippen molar-refractivity contribution < 1.29 is 4.79 Å². The lowest BCUT2D eigenvalue weighted by molar-refractivity contribution is -0.116. The van der Waals surface area contributed by atoms with Gasteiger partial charge in [0, 0.05) is 12.7 Å². The summed E-state index contributed by atoms with van der Waals surface area (Å²) in [5, 5.41) is 7.62. The molecule has 0 radical (unpaired) electrons. The molecule has 0 fully saturated rings. The van der Waals surface area contributed by atoms with E-state index in [-0.39, 0.29) is 5.78 Å². The molecule has 0 spiro atoms. The van der Waals surface area contributed by atoms with Crippen molar-refractivity contribution in [3.8, 4) is 0 Å². The van der Waals surface area contributed by atoms with Gasteiger partial charge in [-0.25, -0.2) is 0 Å². The van der Waals surface area contributed by atoms with Gasteiger partial charge in [0.2, 0.25) is 0 Å². The van der Waals surface area contributed by atoms with Crippen molar-refractivity contribution in [2.75, 3.05) is 0 Å². The van der Waals surface area contributed by atoms with Gasteiger partial charge in [-0.05, 0) is 13.8 Å². The first-order valence-electron chi connectivity index (χ1n) is 4.61. The predicted molar refractivity (Wildman–Crippen MR) is 51.4 cm³/mol. The second-order valence-electron chi connectivity index (χ2n) is 2.44. The summed E-state index contributed by atoms with van der Waals surface area (Å²) < 4.78 is 1.71. The molecule has 1 heterocycles. The standard InChI is InChI=1S/C7H11N3O.C2H6/c1-3-10-5-7(8-9-10)4-6(2)11;1-2/h5H,3-4H2,1-2H3;1-2H3. The number of rotatable bonds is 3. The van der Waals surface area contributed by atoms with Gasteiger partial charge in [0.1, 0.15) is 5.78 Å². The molecule has 0 aliphatic carbocycles. The molecular weight excluding hydrogens is 166 g/mol. The van der Waals surface area contributed by atoms with Crippen molar-refractivity contribution in [2.45, 2.75) is 40.7 Å². The van der Waals surface area contributed by atoms with E-state index in [4.69, 9.17) is 0 Å². The summed E-state index contributed by atoms with van der Waals surface area (Å²) in [7, 11) is 0. The monoisotopic (exact) mass is 183 g/mol. The third-order valence-electron chi connectivity index (χ3n) is 1.34. The molecule has 0 saturated carbocycles. The molecule has 0 amide bonds. The normalized spacial score (nSPS) is 8.92. The Balaban J connectivity index is 0.000000671. The fourth-order valence-electron chi connectivity index (χ4n) is 0.829. The van der Waals surface area contributed by atoms with E-state index < -0.39 is 0 Å². The van der Waals surface area contributed by atoms with Crippen molar-refractivity contribution in [3.63, 3.8) is 0 Å².